The summed E-state index contributed by atoms with van der Waals surface area (Å²) in [7, 11) is 2.06. The van der Waals surface area contributed by atoms with Crippen LogP contribution in [0.3, 0.4) is 0 Å². The zero-order valence-corrected chi connectivity index (χ0v) is 13.5. The van der Waals surface area contributed by atoms with Crippen molar-refractivity contribution in [3.8, 4) is 0 Å². The van der Waals surface area contributed by atoms with E-state index in [1.54, 1.807) is 6.07 Å². The molecule has 1 aromatic heterocycles. The van der Waals surface area contributed by atoms with Gasteiger partial charge in [0.1, 0.15) is 5.82 Å². The smallest absolute Gasteiger partial charge is 0.201 e. The summed E-state index contributed by atoms with van der Waals surface area (Å²) in [6, 6.07) is 3.70. The molecule has 1 aromatic carbocycles. The second-order valence-electron chi connectivity index (χ2n) is 4.95. The summed E-state index contributed by atoms with van der Waals surface area (Å²) in [5.41, 5.74) is 7.43. The quantitative estimate of drug-likeness (QED) is 0.835. The van der Waals surface area contributed by atoms with Crippen LogP contribution in [0.1, 0.15) is 13.8 Å². The lowest BCUT2D eigenvalue weighted by molar-refractivity contribution is 0.264. The normalized spacial score (nSPS) is 11.9. The van der Waals surface area contributed by atoms with Crippen LogP contribution in [0, 0.1) is 9.39 Å². The van der Waals surface area contributed by atoms with Gasteiger partial charge in [0.2, 0.25) is 5.95 Å². The Labute approximate surface area is 125 Å². The third kappa shape index (κ3) is 3.00. The molecule has 2 aromatic rings. The number of likely N-dealkylation sites (N-methyl/N-ethyl adjacent to an activating group) is 1. The van der Waals surface area contributed by atoms with Crippen LogP contribution in [-0.2, 0) is 6.54 Å². The first-order valence-corrected chi connectivity index (χ1v) is 7.29. The molecule has 2 rings (SSSR count). The number of halogens is 2. The fraction of sp³-hybridized carbons (Fsp3) is 0.462. The molecular weight excluding hydrogens is 358 g/mol. The molecule has 2 N–H and O–H groups in total. The Morgan fingerprint density at radius 2 is 2.16 bits per heavy atom. The van der Waals surface area contributed by atoms with Crippen LogP contribution in [0.2, 0.25) is 0 Å². The third-order valence-corrected chi connectivity index (χ3v) is 4.20. The summed E-state index contributed by atoms with van der Waals surface area (Å²) in [5.74, 6) is 0.208. The fourth-order valence-corrected chi connectivity index (χ4v) is 2.34. The Bertz CT molecular complexity index is 594. The molecule has 104 valence electrons. The highest BCUT2D eigenvalue weighted by Crippen LogP contribution is 2.22. The molecule has 0 amide bonds. The molecule has 6 heteroatoms. The SMILES string of the molecule is CC(C)N(C)CCn1c(N)nc2cc(I)c(F)cc21. The Kier molecular flexibility index (Phi) is 4.29. The van der Waals surface area contributed by atoms with Crippen LogP contribution in [0.15, 0.2) is 12.1 Å². The molecule has 0 bridgehead atoms. The van der Waals surface area contributed by atoms with Crippen LogP contribution >= 0.6 is 22.6 Å². The van der Waals surface area contributed by atoms with Crippen molar-refractivity contribution >= 4 is 39.6 Å². The van der Waals surface area contributed by atoms with Crippen molar-refractivity contribution in [2.75, 3.05) is 19.3 Å². The second kappa shape index (κ2) is 5.62. The minimum absolute atomic E-state index is 0.230. The van der Waals surface area contributed by atoms with E-state index < -0.39 is 0 Å². The minimum atomic E-state index is -0.230. The maximum atomic E-state index is 13.7. The molecule has 0 fully saturated rings. The highest BCUT2D eigenvalue weighted by Gasteiger charge is 2.12. The molecule has 0 aliphatic heterocycles. The first kappa shape index (κ1) is 14.5. The molecule has 0 atom stereocenters. The number of hydrogen-bond acceptors (Lipinski definition) is 3. The Morgan fingerprint density at radius 1 is 1.47 bits per heavy atom. The van der Waals surface area contributed by atoms with E-state index in [0.29, 0.717) is 22.1 Å². The number of anilines is 1. The Morgan fingerprint density at radius 3 is 2.79 bits per heavy atom. The Hall–Kier alpha value is -0.890. The molecule has 0 aliphatic rings. The molecule has 0 spiro atoms. The van der Waals surface area contributed by atoms with E-state index in [9.17, 15) is 4.39 Å². The zero-order valence-electron chi connectivity index (χ0n) is 11.3. The van der Waals surface area contributed by atoms with Gasteiger partial charge in [-0.15, -0.1) is 0 Å². The van der Waals surface area contributed by atoms with E-state index in [0.717, 1.165) is 17.6 Å². The summed E-state index contributed by atoms with van der Waals surface area (Å²) < 4.78 is 16.1. The minimum Gasteiger partial charge on any atom is -0.369 e. The number of rotatable bonds is 4. The lowest BCUT2D eigenvalue weighted by Crippen LogP contribution is -2.29. The molecule has 0 saturated heterocycles. The van der Waals surface area contributed by atoms with Crippen molar-refractivity contribution in [2.24, 2.45) is 0 Å². The first-order chi connectivity index (χ1) is 8.90. The van der Waals surface area contributed by atoms with Gasteiger partial charge < -0.3 is 15.2 Å². The molecule has 0 unspecified atom stereocenters. The molecule has 0 radical (unpaired) electrons. The highest BCUT2D eigenvalue weighted by molar-refractivity contribution is 14.1. The molecule has 0 aliphatic carbocycles. The van der Waals surface area contributed by atoms with E-state index in [4.69, 9.17) is 5.73 Å². The van der Waals surface area contributed by atoms with Gasteiger partial charge in [-0.25, -0.2) is 9.37 Å². The topological polar surface area (TPSA) is 47.1 Å². The van der Waals surface area contributed by atoms with Gasteiger partial charge in [0.25, 0.3) is 0 Å². The molecule has 1 heterocycles. The van der Waals surface area contributed by atoms with E-state index in [1.165, 1.54) is 6.07 Å². The average Bonchev–Trinajstić information content (AvgIpc) is 2.62. The Balaban J connectivity index is 2.32. The van der Waals surface area contributed by atoms with Crippen molar-refractivity contribution in [3.63, 3.8) is 0 Å². The van der Waals surface area contributed by atoms with Crippen LogP contribution < -0.4 is 5.73 Å². The van der Waals surface area contributed by atoms with Crippen molar-refractivity contribution in [2.45, 2.75) is 26.4 Å². The maximum Gasteiger partial charge on any atom is 0.201 e. The summed E-state index contributed by atoms with van der Waals surface area (Å²) >= 11 is 1.96. The van der Waals surface area contributed by atoms with Crippen molar-refractivity contribution in [1.29, 1.82) is 0 Å². The number of nitrogens with two attached hydrogens (primary N) is 1. The van der Waals surface area contributed by atoms with Gasteiger partial charge in [0, 0.05) is 25.2 Å². The number of benzene rings is 1. The predicted octanol–water partition coefficient (Wildman–Crippen LogP) is 2.70. The standard InChI is InChI=1S/C13H18FIN4/c1-8(2)18(3)4-5-19-12-6-9(14)10(15)7-11(12)17-13(19)16/h6-8H,4-5H2,1-3H3,(H2,16,17). The van der Waals surface area contributed by atoms with Gasteiger partial charge in [0.15, 0.2) is 0 Å². The van der Waals surface area contributed by atoms with Crippen LogP contribution in [0.4, 0.5) is 10.3 Å². The average molecular weight is 376 g/mol. The van der Waals surface area contributed by atoms with Gasteiger partial charge in [-0.2, -0.15) is 0 Å². The van der Waals surface area contributed by atoms with Gasteiger partial charge in [-0.3, -0.25) is 0 Å². The highest BCUT2D eigenvalue weighted by atomic mass is 127. The van der Waals surface area contributed by atoms with E-state index >= 15 is 0 Å². The molecule has 0 saturated carbocycles. The number of hydrogen-bond donors (Lipinski definition) is 1. The third-order valence-electron chi connectivity index (χ3n) is 3.38. The number of aromatic nitrogens is 2. The molecular formula is C13H18FIN4. The van der Waals surface area contributed by atoms with Crippen LogP contribution in [-0.4, -0.2) is 34.1 Å². The monoisotopic (exact) mass is 376 g/mol. The number of nitrogens with zero attached hydrogens (tertiary/aromatic N) is 3. The van der Waals surface area contributed by atoms with E-state index in [-0.39, 0.29) is 5.82 Å². The summed E-state index contributed by atoms with van der Waals surface area (Å²) in [5, 5.41) is 0. The largest absolute Gasteiger partial charge is 0.369 e. The number of fused-ring (bicyclic) bond motifs is 1. The van der Waals surface area contributed by atoms with Crippen molar-refractivity contribution in [1.82, 2.24) is 14.5 Å². The van der Waals surface area contributed by atoms with Crippen molar-refractivity contribution in [3.05, 3.63) is 21.5 Å². The lowest BCUT2D eigenvalue weighted by atomic mass is 10.3. The summed E-state index contributed by atoms with van der Waals surface area (Å²) in [4.78, 5) is 6.51. The van der Waals surface area contributed by atoms with E-state index in [1.807, 2.05) is 27.2 Å². The second-order valence-corrected chi connectivity index (χ2v) is 6.11. The number of imidazole rings is 1. The lowest BCUT2D eigenvalue weighted by Gasteiger charge is -2.21. The number of nitrogen functional groups attached to an aromatic ring is 1. The van der Waals surface area contributed by atoms with Gasteiger partial charge in [0.05, 0.1) is 14.6 Å². The molecule has 4 nitrogen and oxygen atoms in total. The predicted molar refractivity (Wildman–Crippen MR) is 84.6 cm³/mol. The van der Waals surface area contributed by atoms with Gasteiger partial charge in [-0.1, -0.05) is 0 Å². The fourth-order valence-electron chi connectivity index (χ4n) is 1.89. The first-order valence-electron chi connectivity index (χ1n) is 6.21. The summed E-state index contributed by atoms with van der Waals surface area (Å²) in [6.07, 6.45) is 0. The van der Waals surface area contributed by atoms with Gasteiger partial charge in [-0.05, 0) is 49.6 Å². The molecule has 19 heavy (non-hydrogen) atoms. The zero-order chi connectivity index (χ0) is 14.2. The summed E-state index contributed by atoms with van der Waals surface area (Å²) in [6.45, 7) is 5.83. The van der Waals surface area contributed by atoms with Crippen LogP contribution in [0.25, 0.3) is 11.0 Å². The van der Waals surface area contributed by atoms with E-state index in [2.05, 4.69) is 30.8 Å². The van der Waals surface area contributed by atoms with Crippen LogP contribution in [0.5, 0.6) is 0 Å². The van der Waals surface area contributed by atoms with Gasteiger partial charge >= 0.3 is 0 Å². The maximum absolute atomic E-state index is 13.7. The van der Waals surface area contributed by atoms with Crippen molar-refractivity contribution < 1.29 is 4.39 Å².